The fourth-order valence-corrected chi connectivity index (χ4v) is 1.65. The topological polar surface area (TPSA) is 50.4 Å². The Morgan fingerprint density at radius 1 is 1.30 bits per heavy atom. The summed E-state index contributed by atoms with van der Waals surface area (Å²) in [5.41, 5.74) is 0.795. The van der Waals surface area contributed by atoms with Crippen molar-refractivity contribution in [3.63, 3.8) is 0 Å². The van der Waals surface area contributed by atoms with Gasteiger partial charge in [-0.05, 0) is 38.6 Å². The van der Waals surface area contributed by atoms with E-state index in [9.17, 15) is 4.79 Å². The van der Waals surface area contributed by atoms with Crippen molar-refractivity contribution in [1.82, 2.24) is 5.32 Å². The Balaban J connectivity index is 0.00000361. The predicted octanol–water partition coefficient (Wildman–Crippen LogP) is 3.23. The molecule has 2 N–H and O–H groups in total. The van der Waals surface area contributed by atoms with Crippen LogP contribution in [0, 0.1) is 0 Å². The van der Waals surface area contributed by atoms with Crippen molar-refractivity contribution in [3.05, 3.63) is 24.3 Å². The smallest absolute Gasteiger partial charge is 0.224 e. The number of ether oxygens (including phenoxy) is 1. The predicted molar refractivity (Wildman–Crippen MR) is 85.9 cm³/mol. The van der Waals surface area contributed by atoms with E-state index in [2.05, 4.69) is 17.6 Å². The highest BCUT2D eigenvalue weighted by molar-refractivity contribution is 5.90. The lowest BCUT2D eigenvalue weighted by molar-refractivity contribution is -0.116. The first-order valence-electron chi connectivity index (χ1n) is 6.93. The summed E-state index contributed by atoms with van der Waals surface area (Å²) in [6.07, 6.45) is 3.53. The molecule has 0 aliphatic heterocycles. The van der Waals surface area contributed by atoms with Gasteiger partial charge in [0.05, 0.1) is 6.61 Å². The molecule has 0 unspecified atom stereocenters. The average Bonchev–Trinajstić information content (AvgIpc) is 2.40. The van der Waals surface area contributed by atoms with E-state index in [-0.39, 0.29) is 18.3 Å². The van der Waals surface area contributed by atoms with Crippen LogP contribution in [0.5, 0.6) is 5.75 Å². The highest BCUT2D eigenvalue weighted by atomic mass is 35.5. The minimum atomic E-state index is 0. The third-order valence-electron chi connectivity index (χ3n) is 2.72. The summed E-state index contributed by atoms with van der Waals surface area (Å²) in [6.45, 7) is 3.70. The molecule has 0 saturated heterocycles. The van der Waals surface area contributed by atoms with Crippen molar-refractivity contribution in [2.45, 2.75) is 32.6 Å². The van der Waals surface area contributed by atoms with Gasteiger partial charge in [-0.15, -0.1) is 12.4 Å². The van der Waals surface area contributed by atoms with E-state index in [1.807, 2.05) is 31.3 Å². The summed E-state index contributed by atoms with van der Waals surface area (Å²) in [5, 5.41) is 5.91. The van der Waals surface area contributed by atoms with Crippen LogP contribution < -0.4 is 15.4 Å². The van der Waals surface area contributed by atoms with Gasteiger partial charge in [-0.3, -0.25) is 4.79 Å². The van der Waals surface area contributed by atoms with Gasteiger partial charge in [-0.2, -0.15) is 0 Å². The van der Waals surface area contributed by atoms with Crippen LogP contribution in [0.15, 0.2) is 24.3 Å². The van der Waals surface area contributed by atoms with Crippen LogP contribution in [0.4, 0.5) is 5.69 Å². The van der Waals surface area contributed by atoms with E-state index in [4.69, 9.17) is 4.74 Å². The largest absolute Gasteiger partial charge is 0.494 e. The summed E-state index contributed by atoms with van der Waals surface area (Å²) in [5.74, 6) is 0.849. The summed E-state index contributed by atoms with van der Waals surface area (Å²) in [7, 11) is 1.88. The van der Waals surface area contributed by atoms with Crippen LogP contribution in [0.3, 0.4) is 0 Å². The van der Waals surface area contributed by atoms with Crippen molar-refractivity contribution in [1.29, 1.82) is 0 Å². The maximum absolute atomic E-state index is 11.7. The fraction of sp³-hybridized carbons (Fsp3) is 0.533. The Kier molecular flexibility index (Phi) is 10.8. The number of carbonyl (C=O) groups excluding carboxylic acids is 1. The molecule has 1 amide bonds. The molecule has 4 nitrogen and oxygen atoms in total. The van der Waals surface area contributed by atoms with Crippen LogP contribution in [0.25, 0.3) is 0 Å². The van der Waals surface area contributed by atoms with Crippen molar-refractivity contribution in [2.75, 3.05) is 25.5 Å². The number of hydrogen-bond acceptors (Lipinski definition) is 3. The molecule has 0 bridgehead atoms. The number of unbranched alkanes of at least 4 members (excludes halogenated alkanes) is 1. The van der Waals surface area contributed by atoms with Crippen LogP contribution in [-0.4, -0.2) is 26.1 Å². The summed E-state index contributed by atoms with van der Waals surface area (Å²) in [6, 6.07) is 7.55. The zero-order valence-corrected chi connectivity index (χ0v) is 13.1. The van der Waals surface area contributed by atoms with E-state index in [1.54, 1.807) is 0 Å². The lowest BCUT2D eigenvalue weighted by atomic mass is 10.2. The Bertz CT molecular complexity index is 386. The van der Waals surface area contributed by atoms with Crippen LogP contribution in [0.1, 0.15) is 32.6 Å². The van der Waals surface area contributed by atoms with Crippen molar-refractivity contribution < 1.29 is 9.53 Å². The zero-order valence-electron chi connectivity index (χ0n) is 12.3. The van der Waals surface area contributed by atoms with Crippen molar-refractivity contribution in [3.8, 4) is 5.75 Å². The summed E-state index contributed by atoms with van der Waals surface area (Å²) < 4.78 is 5.61. The molecule has 1 rings (SSSR count). The molecule has 0 spiro atoms. The molecule has 1 aromatic rings. The number of benzene rings is 1. The quantitative estimate of drug-likeness (QED) is 0.689. The number of nitrogens with one attached hydrogen (secondary N) is 2. The second-order valence-corrected chi connectivity index (χ2v) is 4.49. The van der Waals surface area contributed by atoms with Crippen molar-refractivity contribution in [2.24, 2.45) is 0 Å². The van der Waals surface area contributed by atoms with E-state index in [0.717, 1.165) is 43.9 Å². The maximum atomic E-state index is 11.7. The van der Waals surface area contributed by atoms with Gasteiger partial charge < -0.3 is 15.4 Å². The van der Waals surface area contributed by atoms with Gasteiger partial charge in [0.2, 0.25) is 5.91 Å². The minimum absolute atomic E-state index is 0. The monoisotopic (exact) mass is 300 g/mol. The molecule has 20 heavy (non-hydrogen) atoms. The van der Waals surface area contributed by atoms with Gasteiger partial charge in [-0.1, -0.05) is 19.4 Å². The van der Waals surface area contributed by atoms with E-state index in [0.29, 0.717) is 6.42 Å². The lowest BCUT2D eigenvalue weighted by Gasteiger charge is -2.09. The first-order valence-corrected chi connectivity index (χ1v) is 6.93. The lowest BCUT2D eigenvalue weighted by Crippen LogP contribution is -2.15. The average molecular weight is 301 g/mol. The number of carbonyl (C=O) groups is 1. The van der Waals surface area contributed by atoms with Gasteiger partial charge in [0.15, 0.2) is 0 Å². The number of amides is 1. The molecule has 0 aliphatic carbocycles. The normalized spacial score (nSPS) is 9.70. The molecule has 0 radical (unpaired) electrons. The Morgan fingerprint density at radius 2 is 2.10 bits per heavy atom. The molecule has 0 atom stereocenters. The van der Waals surface area contributed by atoms with Crippen molar-refractivity contribution >= 4 is 24.0 Å². The van der Waals surface area contributed by atoms with E-state index >= 15 is 0 Å². The Morgan fingerprint density at radius 3 is 2.80 bits per heavy atom. The first-order chi connectivity index (χ1) is 9.26. The number of rotatable bonds is 9. The van der Waals surface area contributed by atoms with Crippen LogP contribution in [0.2, 0.25) is 0 Å². The van der Waals surface area contributed by atoms with Gasteiger partial charge in [0, 0.05) is 18.2 Å². The standard InChI is InChI=1S/C15H24N2O2.ClH/c1-3-4-11-19-14-8-5-7-13(12-14)17-15(18)9-6-10-16-2;/h5,7-8,12,16H,3-4,6,9-11H2,1-2H3,(H,17,18);1H. The second-order valence-electron chi connectivity index (χ2n) is 4.49. The van der Waals surface area contributed by atoms with E-state index in [1.165, 1.54) is 0 Å². The summed E-state index contributed by atoms with van der Waals surface area (Å²) in [4.78, 5) is 11.7. The molecular formula is C15H25ClN2O2. The first kappa shape index (κ1) is 18.7. The molecular weight excluding hydrogens is 276 g/mol. The third-order valence-corrected chi connectivity index (χ3v) is 2.72. The molecule has 114 valence electrons. The molecule has 0 aromatic heterocycles. The molecule has 1 aromatic carbocycles. The highest BCUT2D eigenvalue weighted by Gasteiger charge is 2.03. The zero-order chi connectivity index (χ0) is 13.9. The van der Waals surface area contributed by atoms with Gasteiger partial charge in [0.25, 0.3) is 0 Å². The molecule has 0 fully saturated rings. The molecule has 0 aliphatic rings. The van der Waals surface area contributed by atoms with Gasteiger partial charge in [0.1, 0.15) is 5.75 Å². The molecule has 0 saturated carbocycles. The number of hydrogen-bond donors (Lipinski definition) is 2. The molecule has 5 heteroatoms. The van der Waals surface area contributed by atoms with E-state index < -0.39 is 0 Å². The SMILES string of the molecule is CCCCOc1cccc(NC(=O)CCCNC)c1.Cl. The third kappa shape index (κ3) is 8.02. The summed E-state index contributed by atoms with van der Waals surface area (Å²) >= 11 is 0. The van der Waals surface area contributed by atoms with Gasteiger partial charge in [-0.25, -0.2) is 0 Å². The van der Waals surface area contributed by atoms with Crippen LogP contribution >= 0.6 is 12.4 Å². The fourth-order valence-electron chi connectivity index (χ4n) is 1.65. The Hall–Kier alpha value is -1.26. The maximum Gasteiger partial charge on any atom is 0.224 e. The number of anilines is 1. The van der Waals surface area contributed by atoms with Gasteiger partial charge >= 0.3 is 0 Å². The minimum Gasteiger partial charge on any atom is -0.494 e. The number of halogens is 1. The Labute approximate surface area is 127 Å². The highest BCUT2D eigenvalue weighted by Crippen LogP contribution is 2.17. The van der Waals surface area contributed by atoms with Crippen LogP contribution in [-0.2, 0) is 4.79 Å². The second kappa shape index (κ2) is 11.6. The molecule has 0 heterocycles.